The average Bonchev–Trinajstić information content (AvgIpc) is 2.66. The third-order valence-electron chi connectivity index (χ3n) is 4.01. The van der Waals surface area contributed by atoms with Crippen LogP contribution in [0.15, 0.2) is 54.6 Å². The van der Waals surface area contributed by atoms with Gasteiger partial charge < -0.3 is 14.4 Å². The monoisotopic (exact) mass is 351 g/mol. The second-order valence-corrected chi connectivity index (χ2v) is 5.84. The summed E-state index contributed by atoms with van der Waals surface area (Å²) in [5.74, 6) is 1.39. The van der Waals surface area contributed by atoms with E-state index in [0.717, 1.165) is 0 Å². The first-order chi connectivity index (χ1) is 12.6. The van der Waals surface area contributed by atoms with Crippen molar-refractivity contribution in [2.24, 2.45) is 0 Å². The Morgan fingerprint density at radius 2 is 2.12 bits per heavy atom. The van der Waals surface area contributed by atoms with E-state index in [-0.39, 0.29) is 11.8 Å². The number of hydrogen-bond acceptors (Lipinski definition) is 6. The van der Waals surface area contributed by atoms with Gasteiger partial charge >= 0.3 is 0 Å². The lowest BCUT2D eigenvalue weighted by Crippen LogP contribution is -2.38. The molecule has 0 saturated carbocycles. The van der Waals surface area contributed by atoms with E-state index in [2.05, 4.69) is 0 Å². The van der Waals surface area contributed by atoms with E-state index in [1.54, 1.807) is 12.1 Å². The van der Waals surface area contributed by atoms with E-state index < -0.39 is 4.92 Å². The van der Waals surface area contributed by atoms with Crippen LogP contribution in [0.4, 0.5) is 5.69 Å². The SMILES string of the molecule is CN(CC1COc2ccccc2O1)/C(=C/C#N)c1cccc([N+](=O)[O-])c1. The third-order valence-corrected chi connectivity index (χ3v) is 4.01. The van der Waals surface area contributed by atoms with Gasteiger partial charge in [0, 0.05) is 30.8 Å². The number of nitro groups is 1. The van der Waals surface area contributed by atoms with Gasteiger partial charge in [-0.2, -0.15) is 5.26 Å². The molecule has 1 aliphatic rings. The summed E-state index contributed by atoms with van der Waals surface area (Å²) in [4.78, 5) is 12.4. The van der Waals surface area contributed by atoms with Crippen LogP contribution in [0.25, 0.3) is 5.70 Å². The second-order valence-electron chi connectivity index (χ2n) is 5.84. The number of fused-ring (bicyclic) bond motifs is 1. The minimum Gasteiger partial charge on any atom is -0.486 e. The molecule has 0 aliphatic carbocycles. The van der Waals surface area contributed by atoms with E-state index in [1.165, 1.54) is 18.2 Å². The number of nitrogens with zero attached hydrogens (tertiary/aromatic N) is 3. The Balaban J connectivity index is 1.77. The zero-order valence-electron chi connectivity index (χ0n) is 14.2. The fraction of sp³-hybridized carbons (Fsp3) is 0.211. The van der Waals surface area contributed by atoms with E-state index in [1.807, 2.05) is 42.3 Å². The Labute approximate surface area is 150 Å². The molecule has 0 spiro atoms. The standard InChI is InChI=1S/C19H17N3O4/c1-21(12-16-13-25-18-7-2-3-8-19(18)26-16)17(9-10-20)14-5-4-6-15(11-14)22(23)24/h2-9,11,16H,12-13H2,1H3/b17-9+. The predicted octanol–water partition coefficient (Wildman–Crippen LogP) is 3.23. The number of likely N-dealkylation sites (N-methyl/N-ethyl adjacent to an activating group) is 1. The number of non-ortho nitro benzene ring substituents is 1. The average molecular weight is 351 g/mol. The van der Waals surface area contributed by atoms with Crippen LogP contribution < -0.4 is 9.47 Å². The van der Waals surface area contributed by atoms with Gasteiger partial charge in [-0.05, 0) is 12.1 Å². The van der Waals surface area contributed by atoms with Crippen molar-refractivity contribution in [3.63, 3.8) is 0 Å². The van der Waals surface area contributed by atoms with Gasteiger partial charge in [0.15, 0.2) is 17.6 Å². The van der Waals surface area contributed by atoms with Gasteiger partial charge in [0.05, 0.1) is 23.2 Å². The summed E-state index contributed by atoms with van der Waals surface area (Å²) in [6.45, 7) is 0.848. The molecule has 26 heavy (non-hydrogen) atoms. The molecule has 1 aliphatic heterocycles. The number of para-hydroxylation sites is 2. The molecule has 2 aromatic carbocycles. The molecule has 0 fully saturated rings. The smallest absolute Gasteiger partial charge is 0.270 e. The largest absolute Gasteiger partial charge is 0.486 e. The molecule has 0 saturated heterocycles. The molecule has 1 atom stereocenters. The topological polar surface area (TPSA) is 88.6 Å². The summed E-state index contributed by atoms with van der Waals surface area (Å²) in [6.07, 6.45) is 1.15. The normalized spacial score (nSPS) is 15.8. The predicted molar refractivity (Wildman–Crippen MR) is 95.7 cm³/mol. The maximum absolute atomic E-state index is 11.0. The number of hydrogen-bond donors (Lipinski definition) is 0. The zero-order chi connectivity index (χ0) is 18.5. The molecule has 7 heteroatoms. The van der Waals surface area contributed by atoms with Gasteiger partial charge in [0.25, 0.3) is 5.69 Å². The fourth-order valence-corrected chi connectivity index (χ4v) is 2.81. The van der Waals surface area contributed by atoms with E-state index in [9.17, 15) is 10.1 Å². The maximum atomic E-state index is 11.0. The van der Waals surface area contributed by atoms with Gasteiger partial charge in [0.1, 0.15) is 6.61 Å². The maximum Gasteiger partial charge on any atom is 0.270 e. The first-order valence-corrected chi connectivity index (χ1v) is 8.02. The van der Waals surface area contributed by atoms with Crippen LogP contribution in [0.3, 0.4) is 0 Å². The van der Waals surface area contributed by atoms with Crippen molar-refractivity contribution in [3.8, 4) is 17.6 Å². The number of rotatable bonds is 5. The summed E-state index contributed by atoms with van der Waals surface area (Å²) in [5.41, 5.74) is 1.16. The highest BCUT2D eigenvalue weighted by Crippen LogP contribution is 2.31. The van der Waals surface area contributed by atoms with E-state index in [0.29, 0.717) is 35.9 Å². The quantitative estimate of drug-likeness (QED) is 0.467. The molecule has 2 aromatic rings. The minimum absolute atomic E-state index is 0.0223. The van der Waals surface area contributed by atoms with Gasteiger partial charge in [-0.25, -0.2) is 0 Å². The van der Waals surface area contributed by atoms with Crippen LogP contribution in [0.5, 0.6) is 11.5 Å². The van der Waals surface area contributed by atoms with Crippen LogP contribution in [-0.4, -0.2) is 36.1 Å². The number of allylic oxidation sites excluding steroid dienone is 1. The summed E-state index contributed by atoms with van der Waals surface area (Å²) in [7, 11) is 1.81. The van der Waals surface area contributed by atoms with Crippen molar-refractivity contribution in [2.45, 2.75) is 6.10 Å². The first-order valence-electron chi connectivity index (χ1n) is 8.02. The lowest BCUT2D eigenvalue weighted by Gasteiger charge is -2.31. The van der Waals surface area contributed by atoms with Crippen LogP contribution >= 0.6 is 0 Å². The third kappa shape index (κ3) is 3.75. The molecule has 132 valence electrons. The van der Waals surface area contributed by atoms with Gasteiger partial charge in [-0.3, -0.25) is 10.1 Å². The highest BCUT2D eigenvalue weighted by atomic mass is 16.6. The molecule has 3 rings (SSSR count). The van der Waals surface area contributed by atoms with Crippen LogP contribution in [-0.2, 0) is 0 Å². The number of benzene rings is 2. The number of nitriles is 1. The molecular weight excluding hydrogens is 334 g/mol. The van der Waals surface area contributed by atoms with E-state index >= 15 is 0 Å². The van der Waals surface area contributed by atoms with Crippen LogP contribution in [0.2, 0.25) is 0 Å². The fourth-order valence-electron chi connectivity index (χ4n) is 2.81. The summed E-state index contributed by atoms with van der Waals surface area (Å²) in [6, 6.07) is 15.7. The number of nitro benzene ring substituents is 1. The van der Waals surface area contributed by atoms with Crippen molar-refractivity contribution < 1.29 is 14.4 Å². The molecule has 7 nitrogen and oxygen atoms in total. The highest BCUT2D eigenvalue weighted by molar-refractivity contribution is 5.67. The molecule has 0 bridgehead atoms. The van der Waals surface area contributed by atoms with Gasteiger partial charge in [-0.1, -0.05) is 24.3 Å². The minimum atomic E-state index is -0.456. The summed E-state index contributed by atoms with van der Waals surface area (Å²) < 4.78 is 11.7. The lowest BCUT2D eigenvalue weighted by molar-refractivity contribution is -0.384. The second kappa shape index (κ2) is 7.57. The van der Waals surface area contributed by atoms with Crippen molar-refractivity contribution in [1.29, 1.82) is 5.26 Å². The van der Waals surface area contributed by atoms with Crippen molar-refractivity contribution in [2.75, 3.05) is 20.2 Å². The first kappa shape index (κ1) is 17.3. The Bertz CT molecular complexity index is 888. The van der Waals surface area contributed by atoms with Crippen molar-refractivity contribution in [1.82, 2.24) is 4.90 Å². The van der Waals surface area contributed by atoms with Gasteiger partial charge in [0.2, 0.25) is 0 Å². The Kier molecular flexibility index (Phi) is 5.04. The molecule has 0 amide bonds. The molecule has 1 heterocycles. The zero-order valence-corrected chi connectivity index (χ0v) is 14.2. The molecule has 1 unspecified atom stereocenters. The van der Waals surface area contributed by atoms with Crippen LogP contribution in [0, 0.1) is 21.4 Å². The Morgan fingerprint density at radius 1 is 1.35 bits per heavy atom. The van der Waals surface area contributed by atoms with Gasteiger partial charge in [-0.15, -0.1) is 0 Å². The number of ether oxygens (including phenoxy) is 2. The highest BCUT2D eigenvalue weighted by Gasteiger charge is 2.23. The molecule has 0 radical (unpaired) electrons. The lowest BCUT2D eigenvalue weighted by atomic mass is 10.1. The summed E-state index contributed by atoms with van der Waals surface area (Å²) in [5, 5.41) is 20.1. The van der Waals surface area contributed by atoms with Crippen LogP contribution in [0.1, 0.15) is 5.56 Å². The summed E-state index contributed by atoms with van der Waals surface area (Å²) >= 11 is 0. The van der Waals surface area contributed by atoms with Crippen molar-refractivity contribution >= 4 is 11.4 Å². The Morgan fingerprint density at radius 3 is 2.85 bits per heavy atom. The molecule has 0 aromatic heterocycles. The molecular formula is C19H17N3O4. The van der Waals surface area contributed by atoms with Crippen molar-refractivity contribution in [3.05, 3.63) is 70.3 Å². The Hall–Kier alpha value is -3.53. The molecule has 0 N–H and O–H groups in total. The van der Waals surface area contributed by atoms with E-state index in [4.69, 9.17) is 14.7 Å².